The molecule has 1 saturated carbocycles. The fourth-order valence-corrected chi connectivity index (χ4v) is 4.33. The number of allylic oxidation sites excluding steroid dienone is 1. The summed E-state index contributed by atoms with van der Waals surface area (Å²) in [5, 5.41) is 3.21. The number of piperazine rings is 1. The number of carbonyl (C=O) groups excluding carboxylic acids is 1. The number of nitrogens with zero attached hydrogens (tertiary/aromatic N) is 4. The van der Waals surface area contributed by atoms with Gasteiger partial charge in [-0.3, -0.25) is 4.98 Å². The van der Waals surface area contributed by atoms with Gasteiger partial charge < -0.3 is 14.5 Å². The Balaban J connectivity index is 1.32. The number of hydrogen-bond acceptors (Lipinski definition) is 6. The van der Waals surface area contributed by atoms with E-state index in [-0.39, 0.29) is 12.2 Å². The van der Waals surface area contributed by atoms with Crippen LogP contribution in [0, 0.1) is 6.92 Å². The minimum absolute atomic E-state index is 0.154. The molecule has 0 spiro atoms. The minimum atomic E-state index is -0.154. The number of ether oxygens (including phenoxy) is 1. The Bertz CT molecular complexity index is 910. The van der Waals surface area contributed by atoms with E-state index in [4.69, 9.17) is 4.74 Å². The summed E-state index contributed by atoms with van der Waals surface area (Å²) in [7, 11) is 0. The Morgan fingerprint density at radius 2 is 2.07 bits per heavy atom. The molecule has 7 heteroatoms. The van der Waals surface area contributed by atoms with Gasteiger partial charge in [0.2, 0.25) is 0 Å². The highest BCUT2D eigenvalue weighted by Crippen LogP contribution is 2.36. The Morgan fingerprint density at radius 3 is 2.78 bits per heavy atom. The maximum Gasteiger partial charge on any atom is 0.410 e. The van der Waals surface area contributed by atoms with Gasteiger partial charge in [0.05, 0.1) is 16.4 Å². The number of hydrogen-bond donors (Lipinski definition) is 0. The SMILES string of the molecule is Cc1nc(C2=Cc3c(N4CCN(C(=O)OC5CC5)CC4)ccnc3C2)cs1. The standard InChI is InChI=1S/C20H22N4O2S/c1-13-22-18(12-27-13)14-10-16-17(11-14)21-5-4-19(16)23-6-8-24(9-7-23)20(25)26-15-2-3-15/h4-5,10,12,15H,2-3,6-9,11H2,1H3. The fourth-order valence-electron chi connectivity index (χ4n) is 3.69. The predicted octanol–water partition coefficient (Wildman–Crippen LogP) is 3.36. The Hall–Kier alpha value is -2.41. The number of pyridine rings is 1. The predicted molar refractivity (Wildman–Crippen MR) is 106 cm³/mol. The highest BCUT2D eigenvalue weighted by atomic mass is 32.1. The van der Waals surface area contributed by atoms with Crippen LogP contribution in [0.15, 0.2) is 17.6 Å². The molecule has 6 nitrogen and oxygen atoms in total. The summed E-state index contributed by atoms with van der Waals surface area (Å²) in [6.07, 6.45) is 7.00. The van der Waals surface area contributed by atoms with Crippen LogP contribution in [-0.2, 0) is 11.2 Å². The van der Waals surface area contributed by atoms with Gasteiger partial charge in [0, 0.05) is 55.4 Å². The molecule has 3 aliphatic rings. The molecule has 0 unspecified atom stereocenters. The molecule has 3 heterocycles. The first-order chi connectivity index (χ1) is 13.2. The van der Waals surface area contributed by atoms with Crippen LogP contribution in [0.25, 0.3) is 11.6 Å². The second-order valence-corrected chi connectivity index (χ2v) is 8.41. The number of aromatic nitrogens is 2. The number of aryl methyl sites for hydroxylation is 1. The molecule has 5 rings (SSSR count). The van der Waals surface area contributed by atoms with Crippen LogP contribution >= 0.6 is 11.3 Å². The summed E-state index contributed by atoms with van der Waals surface area (Å²) in [6.45, 7) is 5.06. The fraction of sp³-hybridized carbons (Fsp3) is 0.450. The highest BCUT2D eigenvalue weighted by Gasteiger charge is 2.31. The van der Waals surface area contributed by atoms with Crippen molar-refractivity contribution in [3.63, 3.8) is 0 Å². The molecule has 2 aromatic heterocycles. The molecule has 0 N–H and O–H groups in total. The van der Waals surface area contributed by atoms with E-state index < -0.39 is 0 Å². The molecule has 0 aromatic carbocycles. The first-order valence-corrected chi connectivity index (χ1v) is 10.4. The largest absolute Gasteiger partial charge is 0.446 e. The molecule has 2 aliphatic carbocycles. The number of thiazole rings is 1. The van der Waals surface area contributed by atoms with Crippen LogP contribution in [0.1, 0.15) is 34.8 Å². The molecule has 0 bridgehead atoms. The van der Waals surface area contributed by atoms with Crippen molar-refractivity contribution in [3.8, 4) is 0 Å². The third-order valence-electron chi connectivity index (χ3n) is 5.34. The van der Waals surface area contributed by atoms with Crippen molar-refractivity contribution in [1.82, 2.24) is 14.9 Å². The molecule has 140 valence electrons. The van der Waals surface area contributed by atoms with Crippen molar-refractivity contribution < 1.29 is 9.53 Å². The summed E-state index contributed by atoms with van der Waals surface area (Å²) in [5.41, 5.74) is 5.82. The molecule has 2 aromatic rings. The van der Waals surface area contributed by atoms with Gasteiger partial charge in [-0.1, -0.05) is 0 Å². The van der Waals surface area contributed by atoms with E-state index in [0.717, 1.165) is 48.7 Å². The first-order valence-electron chi connectivity index (χ1n) is 9.49. The summed E-state index contributed by atoms with van der Waals surface area (Å²) in [4.78, 5) is 25.5. The molecular weight excluding hydrogens is 360 g/mol. The zero-order chi connectivity index (χ0) is 18.4. The van der Waals surface area contributed by atoms with Crippen molar-refractivity contribution in [3.05, 3.63) is 39.6 Å². The van der Waals surface area contributed by atoms with Crippen LogP contribution in [0.5, 0.6) is 0 Å². The van der Waals surface area contributed by atoms with Crippen molar-refractivity contribution in [2.45, 2.75) is 32.3 Å². The summed E-state index contributed by atoms with van der Waals surface area (Å²) in [6, 6.07) is 2.09. The molecule has 2 fully saturated rings. The number of carbonyl (C=O) groups is 1. The van der Waals surface area contributed by atoms with Crippen molar-refractivity contribution in [1.29, 1.82) is 0 Å². The molecule has 0 atom stereocenters. The van der Waals surface area contributed by atoms with E-state index in [9.17, 15) is 4.79 Å². The molecule has 0 radical (unpaired) electrons. The van der Waals surface area contributed by atoms with Crippen molar-refractivity contribution in [2.75, 3.05) is 31.1 Å². The smallest absolute Gasteiger partial charge is 0.410 e. The maximum atomic E-state index is 12.1. The minimum Gasteiger partial charge on any atom is -0.446 e. The van der Waals surface area contributed by atoms with Crippen molar-refractivity contribution >= 4 is 34.8 Å². The van der Waals surface area contributed by atoms with Gasteiger partial charge in [0.25, 0.3) is 0 Å². The van der Waals surface area contributed by atoms with Gasteiger partial charge in [0.1, 0.15) is 6.10 Å². The van der Waals surface area contributed by atoms with E-state index in [2.05, 4.69) is 32.4 Å². The summed E-state index contributed by atoms with van der Waals surface area (Å²) >= 11 is 1.68. The Labute approximate surface area is 162 Å². The monoisotopic (exact) mass is 382 g/mol. The first kappa shape index (κ1) is 16.7. The van der Waals surface area contributed by atoms with Gasteiger partial charge in [-0.25, -0.2) is 9.78 Å². The zero-order valence-electron chi connectivity index (χ0n) is 15.4. The van der Waals surface area contributed by atoms with E-state index in [1.165, 1.54) is 16.8 Å². The van der Waals surface area contributed by atoms with Gasteiger partial charge in [0.15, 0.2) is 0 Å². The van der Waals surface area contributed by atoms with Gasteiger partial charge >= 0.3 is 6.09 Å². The quantitative estimate of drug-likeness (QED) is 0.815. The molecule has 1 amide bonds. The maximum absolute atomic E-state index is 12.1. The summed E-state index contributed by atoms with van der Waals surface area (Å²) < 4.78 is 5.42. The van der Waals surface area contributed by atoms with E-state index in [0.29, 0.717) is 13.1 Å². The average molecular weight is 382 g/mol. The lowest BCUT2D eigenvalue weighted by Gasteiger charge is -2.36. The highest BCUT2D eigenvalue weighted by molar-refractivity contribution is 7.09. The Kier molecular flexibility index (Phi) is 4.11. The number of anilines is 1. The molecular formula is C20H22N4O2S. The van der Waals surface area contributed by atoms with E-state index >= 15 is 0 Å². The second-order valence-electron chi connectivity index (χ2n) is 7.35. The van der Waals surface area contributed by atoms with Gasteiger partial charge in [-0.15, -0.1) is 11.3 Å². The molecule has 27 heavy (non-hydrogen) atoms. The van der Waals surface area contributed by atoms with Crippen LogP contribution < -0.4 is 4.90 Å². The zero-order valence-corrected chi connectivity index (χ0v) is 16.2. The van der Waals surface area contributed by atoms with E-state index in [1.54, 1.807) is 11.3 Å². The lowest BCUT2D eigenvalue weighted by molar-refractivity contribution is 0.0939. The van der Waals surface area contributed by atoms with Crippen LogP contribution in [0.2, 0.25) is 0 Å². The third kappa shape index (κ3) is 3.32. The van der Waals surface area contributed by atoms with Crippen LogP contribution in [-0.4, -0.2) is 53.2 Å². The third-order valence-corrected chi connectivity index (χ3v) is 6.12. The Morgan fingerprint density at radius 1 is 1.26 bits per heavy atom. The number of amides is 1. The van der Waals surface area contributed by atoms with Crippen LogP contribution in [0.3, 0.4) is 0 Å². The lowest BCUT2D eigenvalue weighted by Crippen LogP contribution is -2.49. The molecule has 1 aliphatic heterocycles. The topological polar surface area (TPSA) is 58.6 Å². The summed E-state index contributed by atoms with van der Waals surface area (Å²) in [5.74, 6) is 0. The second kappa shape index (κ2) is 6.64. The lowest BCUT2D eigenvalue weighted by atomic mass is 10.1. The number of rotatable bonds is 3. The van der Waals surface area contributed by atoms with Crippen molar-refractivity contribution in [2.24, 2.45) is 0 Å². The number of fused-ring (bicyclic) bond motifs is 1. The van der Waals surface area contributed by atoms with Gasteiger partial charge in [-0.2, -0.15) is 0 Å². The van der Waals surface area contributed by atoms with Crippen LogP contribution in [0.4, 0.5) is 10.5 Å². The molecule has 1 saturated heterocycles. The normalized spacial score (nSPS) is 19.1. The van der Waals surface area contributed by atoms with E-state index in [1.807, 2.05) is 18.0 Å². The average Bonchev–Trinajstić information content (AvgIpc) is 3.21. The van der Waals surface area contributed by atoms with Gasteiger partial charge in [-0.05, 0) is 37.5 Å².